The van der Waals surface area contributed by atoms with Crippen LogP contribution in [-0.2, 0) is 5.66 Å². The summed E-state index contributed by atoms with van der Waals surface area (Å²) in [7, 11) is 0. The van der Waals surface area contributed by atoms with E-state index in [1.54, 1.807) is 0 Å². The van der Waals surface area contributed by atoms with Gasteiger partial charge in [-0.3, -0.25) is 11.7 Å². The van der Waals surface area contributed by atoms with Gasteiger partial charge in [0.15, 0.2) is 5.66 Å². The summed E-state index contributed by atoms with van der Waals surface area (Å²) in [4.78, 5) is 0. The second kappa shape index (κ2) is 5.15. The third-order valence-corrected chi connectivity index (χ3v) is 3.74. The fourth-order valence-corrected chi connectivity index (χ4v) is 2.91. The number of hydrazine groups is 4. The molecule has 0 aromatic heterocycles. The van der Waals surface area contributed by atoms with Crippen LogP contribution in [0.3, 0.4) is 0 Å². The third-order valence-electron chi connectivity index (χ3n) is 3.74. The zero-order valence-corrected chi connectivity index (χ0v) is 11.2. The van der Waals surface area contributed by atoms with E-state index in [1.807, 2.05) is 48.5 Å². The summed E-state index contributed by atoms with van der Waals surface area (Å²) in [5, 5.41) is 1.29. The number of hydrogen-bond acceptors (Lipinski definition) is 6. The first-order valence-electron chi connectivity index (χ1n) is 6.32. The first-order chi connectivity index (χ1) is 10.1. The highest BCUT2D eigenvalue weighted by molar-refractivity contribution is 5.80. The van der Waals surface area contributed by atoms with Crippen molar-refractivity contribution in [1.29, 1.82) is 0 Å². The van der Waals surface area contributed by atoms with Crippen LogP contribution in [-0.4, -0.2) is 10.3 Å². The molecule has 0 aliphatic heterocycles. The molecule has 110 valence electrons. The zero-order chi connectivity index (χ0) is 15.0. The molecule has 2 aromatic rings. The number of fused-ring (bicyclic) bond motifs is 3. The summed E-state index contributed by atoms with van der Waals surface area (Å²) in [5.74, 6) is 26.5. The van der Waals surface area contributed by atoms with Gasteiger partial charge in [0.05, 0.1) is 0 Å². The van der Waals surface area contributed by atoms with Gasteiger partial charge in [0.2, 0.25) is 0 Å². The number of nitrogens with two attached hydrogens (primary N) is 2. The van der Waals surface area contributed by atoms with Gasteiger partial charge in [-0.25, -0.2) is 5.43 Å². The number of hydrogen-bond donors (Lipinski definition) is 4. The van der Waals surface area contributed by atoms with Crippen LogP contribution >= 0.6 is 0 Å². The summed E-state index contributed by atoms with van der Waals surface area (Å²) in [6.07, 6.45) is 0. The molecule has 0 radical (unpaired) electrons. The van der Waals surface area contributed by atoms with Gasteiger partial charge in [-0.15, -0.1) is 0 Å². The Balaban J connectivity index is 2.33. The molecule has 1 aliphatic rings. The van der Waals surface area contributed by atoms with Crippen LogP contribution in [0.4, 0.5) is 0 Å². The van der Waals surface area contributed by atoms with Crippen LogP contribution in [0.15, 0.2) is 48.5 Å². The van der Waals surface area contributed by atoms with E-state index in [4.69, 9.17) is 23.4 Å². The Bertz CT molecular complexity index is 611. The predicted octanol–water partition coefficient (Wildman–Crippen LogP) is 1.16. The maximum absolute atomic E-state index is 7.53. The molecule has 0 saturated heterocycles. The van der Waals surface area contributed by atoms with E-state index >= 15 is 0 Å². The first kappa shape index (κ1) is 14.1. The molecule has 0 fully saturated rings. The SMILES string of the molecule is [NH-]N([NH-])N(N)C1(NNN)c2ccccc2-c2ccccc21. The molecule has 3 rings (SSSR count). The number of nitrogens with zero attached hydrogens (tertiary/aromatic N) is 2. The van der Waals surface area contributed by atoms with Gasteiger partial charge < -0.3 is 16.9 Å². The van der Waals surface area contributed by atoms with Crippen molar-refractivity contribution < 1.29 is 0 Å². The van der Waals surface area contributed by atoms with Gasteiger partial charge in [0.1, 0.15) is 0 Å². The standard InChI is InChI=1S/C13H16N8/c14-19-18-13(20(15)21(16)17)11-7-3-1-5-9(11)10-6-2-4-8-12(10)13/h1-8,16-19H,14-15H2/q-2. The van der Waals surface area contributed by atoms with Crippen molar-refractivity contribution in [2.75, 3.05) is 0 Å². The molecule has 21 heavy (non-hydrogen) atoms. The average Bonchev–Trinajstić information content (AvgIpc) is 2.79. The normalized spacial score (nSPS) is 15.3. The molecule has 0 unspecified atom stereocenters. The van der Waals surface area contributed by atoms with Crippen LogP contribution in [0.2, 0.25) is 0 Å². The second-order valence-corrected chi connectivity index (χ2v) is 4.73. The van der Waals surface area contributed by atoms with E-state index in [-0.39, 0.29) is 0 Å². The van der Waals surface area contributed by atoms with Crippen LogP contribution in [0.1, 0.15) is 11.1 Å². The fraction of sp³-hybridized carbons (Fsp3) is 0.0769. The third kappa shape index (κ3) is 1.87. The molecule has 0 heterocycles. The van der Waals surface area contributed by atoms with Crippen molar-refractivity contribution in [3.63, 3.8) is 0 Å². The average molecular weight is 284 g/mol. The summed E-state index contributed by atoms with van der Waals surface area (Å²) in [6, 6.07) is 15.4. The van der Waals surface area contributed by atoms with Crippen molar-refractivity contribution in [2.45, 2.75) is 5.66 Å². The Morgan fingerprint density at radius 1 is 0.905 bits per heavy atom. The summed E-state index contributed by atoms with van der Waals surface area (Å²) in [6.45, 7) is 0. The second-order valence-electron chi connectivity index (χ2n) is 4.73. The Kier molecular flexibility index (Phi) is 3.45. The van der Waals surface area contributed by atoms with Crippen molar-refractivity contribution in [3.8, 4) is 11.1 Å². The molecule has 0 saturated carbocycles. The van der Waals surface area contributed by atoms with Gasteiger partial charge in [-0.05, 0) is 11.1 Å². The molecule has 1 aliphatic carbocycles. The smallest absolute Gasteiger partial charge is 0.162 e. The molecule has 8 nitrogen and oxygen atoms in total. The topological polar surface area (TPSA) is 130 Å². The maximum Gasteiger partial charge on any atom is 0.162 e. The number of nitrogens with one attached hydrogen (secondary N) is 4. The molecule has 0 atom stereocenters. The van der Waals surface area contributed by atoms with E-state index in [0.717, 1.165) is 27.4 Å². The Hall–Kier alpha value is -1.88. The molecule has 8 N–H and O–H groups in total. The molecule has 0 bridgehead atoms. The minimum atomic E-state index is -1.13. The van der Waals surface area contributed by atoms with E-state index in [2.05, 4.69) is 11.0 Å². The van der Waals surface area contributed by atoms with E-state index in [1.165, 1.54) is 0 Å². The minimum Gasteiger partial charge on any atom is -0.613 e. The lowest BCUT2D eigenvalue weighted by molar-refractivity contribution is -0.0578. The van der Waals surface area contributed by atoms with Crippen LogP contribution in [0, 0.1) is 0 Å². The van der Waals surface area contributed by atoms with Crippen molar-refractivity contribution >= 4 is 0 Å². The van der Waals surface area contributed by atoms with Crippen LogP contribution < -0.4 is 22.6 Å². The van der Waals surface area contributed by atoms with Crippen molar-refractivity contribution in [3.05, 3.63) is 71.3 Å². The molecule has 8 heteroatoms. The Morgan fingerprint density at radius 3 is 1.81 bits per heavy atom. The summed E-state index contributed by atoms with van der Waals surface area (Å²) in [5.41, 5.74) is 7.76. The largest absolute Gasteiger partial charge is 0.613 e. The fourth-order valence-electron chi connectivity index (χ4n) is 2.91. The first-order valence-corrected chi connectivity index (χ1v) is 6.32. The van der Waals surface area contributed by atoms with E-state index in [0.29, 0.717) is 5.23 Å². The zero-order valence-electron chi connectivity index (χ0n) is 11.2. The highest BCUT2D eigenvalue weighted by Crippen LogP contribution is 2.48. The molecule has 2 aromatic carbocycles. The van der Waals surface area contributed by atoms with E-state index in [9.17, 15) is 0 Å². The lowest BCUT2D eigenvalue weighted by atomic mass is 9.98. The van der Waals surface area contributed by atoms with E-state index < -0.39 is 5.66 Å². The van der Waals surface area contributed by atoms with Crippen molar-refractivity contribution in [1.82, 2.24) is 21.3 Å². The lowest BCUT2D eigenvalue weighted by Gasteiger charge is -2.51. The van der Waals surface area contributed by atoms with Gasteiger partial charge in [-0.2, -0.15) is 10.7 Å². The summed E-state index contributed by atoms with van der Waals surface area (Å²) < 4.78 is 0. The molecule has 0 spiro atoms. The molecular formula is C13H16N8-2. The molecular weight excluding hydrogens is 268 g/mol. The van der Waals surface area contributed by atoms with Gasteiger partial charge in [0.25, 0.3) is 0 Å². The monoisotopic (exact) mass is 284 g/mol. The van der Waals surface area contributed by atoms with Crippen LogP contribution in [0.25, 0.3) is 22.8 Å². The highest BCUT2D eigenvalue weighted by Gasteiger charge is 2.46. The number of rotatable bonds is 4. The van der Waals surface area contributed by atoms with Crippen molar-refractivity contribution in [2.24, 2.45) is 11.7 Å². The van der Waals surface area contributed by atoms with Gasteiger partial charge >= 0.3 is 0 Å². The minimum absolute atomic E-state index is 0.323. The Morgan fingerprint density at radius 2 is 1.38 bits per heavy atom. The highest BCUT2D eigenvalue weighted by atomic mass is 16.0. The van der Waals surface area contributed by atoms with Gasteiger partial charge in [-0.1, -0.05) is 48.5 Å². The van der Waals surface area contributed by atoms with Gasteiger partial charge in [0, 0.05) is 11.1 Å². The Labute approximate surface area is 122 Å². The number of benzene rings is 2. The predicted molar refractivity (Wildman–Crippen MR) is 79.6 cm³/mol. The lowest BCUT2D eigenvalue weighted by Crippen LogP contribution is -2.66. The quantitative estimate of drug-likeness (QED) is 0.378. The maximum atomic E-state index is 7.53. The van der Waals surface area contributed by atoms with Crippen LogP contribution in [0.5, 0.6) is 0 Å². The molecule has 0 amide bonds. The summed E-state index contributed by atoms with van der Waals surface area (Å²) >= 11 is 0.